The Hall–Kier alpha value is -1.84. The van der Waals surface area contributed by atoms with Gasteiger partial charge in [0.05, 0.1) is 18.2 Å². The maximum Gasteiger partial charge on any atom is 0.191 e. The molecule has 0 bridgehead atoms. The summed E-state index contributed by atoms with van der Waals surface area (Å²) in [7, 11) is 0. The number of benzene rings is 1. The predicted octanol–water partition coefficient (Wildman–Crippen LogP) is 1.92. The molecule has 0 saturated heterocycles. The highest BCUT2D eigenvalue weighted by Gasteiger charge is 2.09. The van der Waals surface area contributed by atoms with E-state index in [9.17, 15) is 0 Å². The zero-order valence-corrected chi connectivity index (χ0v) is 11.5. The summed E-state index contributed by atoms with van der Waals surface area (Å²) in [5, 5.41) is 17.8. The number of nitrogens with zero attached hydrogens (tertiary/aromatic N) is 4. The van der Waals surface area contributed by atoms with E-state index in [1.807, 2.05) is 35.8 Å². The molecule has 98 valence electrons. The van der Waals surface area contributed by atoms with E-state index >= 15 is 0 Å². The largest absolute Gasteiger partial charge is 0.324 e. The third kappa shape index (κ3) is 3.13. The van der Waals surface area contributed by atoms with Crippen molar-refractivity contribution >= 4 is 11.8 Å². The van der Waals surface area contributed by atoms with Crippen molar-refractivity contribution in [2.75, 3.05) is 0 Å². The molecule has 0 saturated carbocycles. The Morgan fingerprint density at radius 3 is 2.63 bits per heavy atom. The quantitative estimate of drug-likeness (QED) is 0.842. The third-order valence-corrected chi connectivity index (χ3v) is 3.78. The van der Waals surface area contributed by atoms with Crippen LogP contribution in [0.3, 0.4) is 0 Å². The van der Waals surface area contributed by atoms with Crippen molar-refractivity contribution in [1.29, 1.82) is 5.26 Å². The van der Waals surface area contributed by atoms with Crippen LogP contribution in [0, 0.1) is 11.3 Å². The van der Waals surface area contributed by atoms with E-state index in [0.717, 1.165) is 28.8 Å². The molecule has 5 nitrogen and oxygen atoms in total. The SMILES string of the molecule is CCn1c(CN)nnc1SCc1ccc(C#N)cc1. The van der Waals surface area contributed by atoms with Crippen molar-refractivity contribution in [1.82, 2.24) is 14.8 Å². The average Bonchev–Trinajstić information content (AvgIpc) is 2.87. The summed E-state index contributed by atoms with van der Waals surface area (Å²) < 4.78 is 2.02. The van der Waals surface area contributed by atoms with Gasteiger partial charge in [-0.3, -0.25) is 0 Å². The zero-order chi connectivity index (χ0) is 13.7. The molecule has 0 radical (unpaired) electrons. The Morgan fingerprint density at radius 1 is 1.32 bits per heavy atom. The molecule has 0 aliphatic heterocycles. The molecule has 0 aliphatic carbocycles. The van der Waals surface area contributed by atoms with Gasteiger partial charge in [-0.1, -0.05) is 23.9 Å². The standard InChI is InChI=1S/C13H15N5S/c1-2-18-12(8-15)16-17-13(18)19-9-11-5-3-10(7-14)4-6-11/h3-6H,2,8-9,15H2,1H3. The van der Waals surface area contributed by atoms with Gasteiger partial charge in [0.1, 0.15) is 5.82 Å². The van der Waals surface area contributed by atoms with Gasteiger partial charge in [-0.15, -0.1) is 10.2 Å². The summed E-state index contributed by atoms with van der Waals surface area (Å²) in [6.07, 6.45) is 0. The lowest BCUT2D eigenvalue weighted by molar-refractivity contribution is 0.643. The van der Waals surface area contributed by atoms with Crippen molar-refractivity contribution in [3.05, 3.63) is 41.2 Å². The highest BCUT2D eigenvalue weighted by molar-refractivity contribution is 7.98. The minimum atomic E-state index is 0.401. The molecule has 2 rings (SSSR count). The molecular weight excluding hydrogens is 258 g/mol. The molecular formula is C13H15N5S. The lowest BCUT2D eigenvalue weighted by Gasteiger charge is -2.05. The third-order valence-electron chi connectivity index (χ3n) is 2.74. The van der Waals surface area contributed by atoms with E-state index in [1.54, 1.807) is 11.8 Å². The van der Waals surface area contributed by atoms with E-state index in [2.05, 4.69) is 16.3 Å². The Morgan fingerprint density at radius 2 is 2.05 bits per heavy atom. The van der Waals surface area contributed by atoms with Gasteiger partial charge in [0.2, 0.25) is 0 Å². The van der Waals surface area contributed by atoms with Gasteiger partial charge in [-0.25, -0.2) is 0 Å². The second kappa shape index (κ2) is 6.36. The summed E-state index contributed by atoms with van der Waals surface area (Å²) in [5.41, 5.74) is 7.45. The van der Waals surface area contributed by atoms with E-state index in [0.29, 0.717) is 12.1 Å². The van der Waals surface area contributed by atoms with E-state index in [1.165, 1.54) is 0 Å². The van der Waals surface area contributed by atoms with Crippen LogP contribution >= 0.6 is 11.8 Å². The van der Waals surface area contributed by atoms with Crippen LogP contribution in [0.4, 0.5) is 0 Å². The summed E-state index contributed by atoms with van der Waals surface area (Å²) in [4.78, 5) is 0. The number of hydrogen-bond donors (Lipinski definition) is 1. The smallest absolute Gasteiger partial charge is 0.191 e. The Balaban J connectivity index is 2.05. The molecule has 0 amide bonds. The van der Waals surface area contributed by atoms with E-state index in [-0.39, 0.29) is 0 Å². The zero-order valence-electron chi connectivity index (χ0n) is 10.7. The number of nitriles is 1. The molecule has 0 aliphatic rings. The van der Waals surface area contributed by atoms with Crippen LogP contribution in [0.15, 0.2) is 29.4 Å². The Labute approximate surface area is 116 Å². The number of nitrogens with two attached hydrogens (primary N) is 1. The van der Waals surface area contributed by atoms with Crippen LogP contribution in [0.1, 0.15) is 23.9 Å². The van der Waals surface area contributed by atoms with Gasteiger partial charge in [-0.2, -0.15) is 5.26 Å². The van der Waals surface area contributed by atoms with Crippen molar-refractivity contribution < 1.29 is 0 Å². The van der Waals surface area contributed by atoms with Crippen LogP contribution in [0.5, 0.6) is 0 Å². The molecule has 19 heavy (non-hydrogen) atoms. The second-order valence-electron chi connectivity index (χ2n) is 3.94. The second-order valence-corrected chi connectivity index (χ2v) is 4.89. The topological polar surface area (TPSA) is 80.5 Å². The first kappa shape index (κ1) is 13.6. The monoisotopic (exact) mass is 273 g/mol. The van der Waals surface area contributed by atoms with Crippen LogP contribution < -0.4 is 5.73 Å². The minimum Gasteiger partial charge on any atom is -0.324 e. The van der Waals surface area contributed by atoms with Crippen molar-refractivity contribution in [2.24, 2.45) is 5.73 Å². The Bertz CT molecular complexity index is 582. The van der Waals surface area contributed by atoms with Crippen LogP contribution in [-0.2, 0) is 18.8 Å². The van der Waals surface area contributed by atoms with Gasteiger partial charge in [0.25, 0.3) is 0 Å². The normalized spacial score (nSPS) is 10.4. The summed E-state index contributed by atoms with van der Waals surface area (Å²) >= 11 is 1.63. The fourth-order valence-electron chi connectivity index (χ4n) is 1.72. The summed E-state index contributed by atoms with van der Waals surface area (Å²) in [6.45, 7) is 3.27. The van der Waals surface area contributed by atoms with Crippen LogP contribution in [0.2, 0.25) is 0 Å². The van der Waals surface area contributed by atoms with E-state index in [4.69, 9.17) is 11.0 Å². The lowest BCUT2D eigenvalue weighted by Crippen LogP contribution is -2.08. The predicted molar refractivity (Wildman–Crippen MR) is 74.3 cm³/mol. The van der Waals surface area contributed by atoms with E-state index < -0.39 is 0 Å². The molecule has 0 unspecified atom stereocenters. The van der Waals surface area contributed by atoms with Crippen molar-refractivity contribution in [2.45, 2.75) is 30.9 Å². The molecule has 0 atom stereocenters. The maximum absolute atomic E-state index is 8.75. The van der Waals surface area contributed by atoms with Gasteiger partial charge in [0, 0.05) is 12.3 Å². The number of aromatic nitrogens is 3. The molecule has 2 N–H and O–H groups in total. The fraction of sp³-hybridized carbons (Fsp3) is 0.308. The maximum atomic E-state index is 8.75. The molecule has 1 heterocycles. The fourth-order valence-corrected chi connectivity index (χ4v) is 2.69. The van der Waals surface area contributed by atoms with Gasteiger partial charge in [-0.05, 0) is 24.6 Å². The van der Waals surface area contributed by atoms with Crippen LogP contribution in [-0.4, -0.2) is 14.8 Å². The van der Waals surface area contributed by atoms with Crippen molar-refractivity contribution in [3.63, 3.8) is 0 Å². The molecule has 0 spiro atoms. The first-order valence-electron chi connectivity index (χ1n) is 6.02. The molecule has 0 fully saturated rings. The molecule has 6 heteroatoms. The summed E-state index contributed by atoms with van der Waals surface area (Å²) in [6, 6.07) is 9.68. The van der Waals surface area contributed by atoms with Gasteiger partial charge in [0.15, 0.2) is 5.16 Å². The molecule has 2 aromatic rings. The molecule has 1 aromatic carbocycles. The first-order chi connectivity index (χ1) is 9.28. The highest BCUT2D eigenvalue weighted by atomic mass is 32.2. The molecule has 1 aromatic heterocycles. The van der Waals surface area contributed by atoms with Gasteiger partial charge >= 0.3 is 0 Å². The van der Waals surface area contributed by atoms with Crippen LogP contribution in [0.25, 0.3) is 0 Å². The summed E-state index contributed by atoms with van der Waals surface area (Å²) in [5.74, 6) is 1.61. The number of thioether (sulfide) groups is 1. The Kier molecular flexibility index (Phi) is 4.55. The minimum absolute atomic E-state index is 0.401. The number of rotatable bonds is 5. The van der Waals surface area contributed by atoms with Gasteiger partial charge < -0.3 is 10.3 Å². The number of hydrogen-bond acceptors (Lipinski definition) is 5. The first-order valence-corrected chi connectivity index (χ1v) is 7.01. The lowest BCUT2D eigenvalue weighted by atomic mass is 10.2. The van der Waals surface area contributed by atoms with Crippen molar-refractivity contribution in [3.8, 4) is 6.07 Å². The highest BCUT2D eigenvalue weighted by Crippen LogP contribution is 2.22. The average molecular weight is 273 g/mol.